The van der Waals surface area contributed by atoms with Gasteiger partial charge in [-0.1, -0.05) is 6.07 Å². The smallest absolute Gasteiger partial charge is 0.264 e. The van der Waals surface area contributed by atoms with Gasteiger partial charge in [0.15, 0.2) is 0 Å². The lowest BCUT2D eigenvalue weighted by molar-refractivity contribution is -0.134. The van der Waals surface area contributed by atoms with Crippen LogP contribution in [0.1, 0.15) is 66.3 Å². The van der Waals surface area contributed by atoms with E-state index in [0.29, 0.717) is 50.3 Å². The van der Waals surface area contributed by atoms with Crippen molar-refractivity contribution in [1.29, 1.82) is 0 Å². The van der Waals surface area contributed by atoms with E-state index >= 15 is 0 Å². The Balaban J connectivity index is 1.44. The summed E-state index contributed by atoms with van der Waals surface area (Å²) in [5.74, 6) is 0.0265. The standard InChI is InChI=1S/C31H35F2N5O3/c1-19(40)37-17-23-10-22(20-5-7-36(8-9-39)30(41)13-20)12-29(27(23)18-37)38-6-3-4-21-11-25(24-15-34-35(2)16-24)26(31(32)33)14-28(21)38/h10-12,14-16,20,31,39H,3-9,13,17-18H2,1-2H3. The molecule has 1 saturated heterocycles. The lowest BCUT2D eigenvalue weighted by Crippen LogP contribution is -2.39. The summed E-state index contributed by atoms with van der Waals surface area (Å²) in [6.07, 6.45) is 3.50. The van der Waals surface area contributed by atoms with Gasteiger partial charge in [0.05, 0.1) is 12.8 Å². The van der Waals surface area contributed by atoms with Crippen LogP contribution in [0.5, 0.6) is 0 Å². The molecule has 0 spiro atoms. The summed E-state index contributed by atoms with van der Waals surface area (Å²) in [4.78, 5) is 30.8. The highest BCUT2D eigenvalue weighted by Crippen LogP contribution is 2.45. The van der Waals surface area contributed by atoms with Crippen LogP contribution in [0.25, 0.3) is 11.1 Å². The molecule has 3 aromatic rings. The number of hydrogen-bond acceptors (Lipinski definition) is 5. The van der Waals surface area contributed by atoms with E-state index in [-0.39, 0.29) is 29.9 Å². The van der Waals surface area contributed by atoms with Crippen LogP contribution >= 0.6 is 0 Å². The number of aromatic nitrogens is 2. The fraction of sp³-hybridized carbons (Fsp3) is 0.452. The Morgan fingerprint density at radius 3 is 2.63 bits per heavy atom. The summed E-state index contributed by atoms with van der Waals surface area (Å²) >= 11 is 0. The number of aliphatic hydroxyl groups is 1. The number of piperidine rings is 1. The average Bonchev–Trinajstić information content (AvgIpc) is 3.59. The summed E-state index contributed by atoms with van der Waals surface area (Å²) in [5.41, 5.74) is 6.98. The molecule has 216 valence electrons. The number of aryl methyl sites for hydroxylation is 2. The minimum atomic E-state index is -2.65. The van der Waals surface area contributed by atoms with E-state index in [1.54, 1.807) is 46.9 Å². The molecule has 2 amide bonds. The largest absolute Gasteiger partial charge is 0.395 e. The third-order valence-electron chi connectivity index (χ3n) is 8.77. The molecule has 1 atom stereocenters. The molecule has 0 aliphatic carbocycles. The number of anilines is 2. The van der Waals surface area contributed by atoms with Crippen molar-refractivity contribution in [1.82, 2.24) is 19.6 Å². The van der Waals surface area contributed by atoms with Gasteiger partial charge in [-0.05, 0) is 65.6 Å². The highest BCUT2D eigenvalue weighted by Gasteiger charge is 2.33. The van der Waals surface area contributed by atoms with E-state index in [1.807, 2.05) is 6.07 Å². The third kappa shape index (κ3) is 5.09. The Morgan fingerprint density at radius 2 is 1.95 bits per heavy atom. The number of likely N-dealkylation sites (tertiary alicyclic amines) is 1. The molecule has 6 rings (SSSR count). The van der Waals surface area contributed by atoms with Crippen molar-refractivity contribution in [3.05, 3.63) is 64.5 Å². The van der Waals surface area contributed by atoms with Crippen molar-refractivity contribution >= 4 is 23.2 Å². The molecule has 3 aliphatic rings. The molecule has 2 aromatic carbocycles. The first-order valence-corrected chi connectivity index (χ1v) is 14.2. The van der Waals surface area contributed by atoms with Crippen LogP contribution in [-0.2, 0) is 36.1 Å². The topological polar surface area (TPSA) is 81.9 Å². The lowest BCUT2D eigenvalue weighted by Gasteiger charge is -2.35. The highest BCUT2D eigenvalue weighted by atomic mass is 19.3. The van der Waals surface area contributed by atoms with Gasteiger partial charge in [-0.3, -0.25) is 14.3 Å². The first-order valence-electron chi connectivity index (χ1n) is 14.2. The number of β-amino-alcohol motifs (C(OH)–C–C–N with tert-alkyl or cyclic N) is 1. The van der Waals surface area contributed by atoms with E-state index < -0.39 is 6.43 Å². The van der Waals surface area contributed by atoms with Crippen molar-refractivity contribution in [2.45, 2.75) is 58.0 Å². The van der Waals surface area contributed by atoms with Crippen LogP contribution in [0.2, 0.25) is 0 Å². The second-order valence-electron chi connectivity index (χ2n) is 11.4. The first kappa shape index (κ1) is 27.4. The minimum Gasteiger partial charge on any atom is -0.395 e. The molecule has 1 fully saturated rings. The van der Waals surface area contributed by atoms with Crippen LogP contribution in [0, 0.1) is 0 Å². The second kappa shape index (κ2) is 10.9. The average molecular weight is 564 g/mol. The zero-order valence-electron chi connectivity index (χ0n) is 23.4. The van der Waals surface area contributed by atoms with Crippen molar-refractivity contribution in [2.75, 3.05) is 31.1 Å². The van der Waals surface area contributed by atoms with E-state index in [2.05, 4.69) is 22.1 Å². The molecule has 0 saturated carbocycles. The van der Waals surface area contributed by atoms with Crippen molar-refractivity contribution < 1.29 is 23.5 Å². The number of carbonyl (C=O) groups excluding carboxylic acids is 2. The second-order valence-corrected chi connectivity index (χ2v) is 11.4. The van der Waals surface area contributed by atoms with Crippen LogP contribution in [-0.4, -0.2) is 62.7 Å². The molecular formula is C31H35F2N5O3. The molecular weight excluding hydrogens is 528 g/mol. The molecule has 10 heteroatoms. The predicted octanol–water partition coefficient (Wildman–Crippen LogP) is 4.67. The third-order valence-corrected chi connectivity index (χ3v) is 8.77. The van der Waals surface area contributed by atoms with Gasteiger partial charge < -0.3 is 19.8 Å². The van der Waals surface area contributed by atoms with E-state index in [4.69, 9.17) is 0 Å². The van der Waals surface area contributed by atoms with Crippen molar-refractivity contribution in [2.24, 2.45) is 7.05 Å². The van der Waals surface area contributed by atoms with Crippen LogP contribution in [0.15, 0.2) is 36.7 Å². The lowest BCUT2D eigenvalue weighted by atomic mass is 9.86. The van der Waals surface area contributed by atoms with E-state index in [0.717, 1.165) is 52.9 Å². The van der Waals surface area contributed by atoms with Gasteiger partial charge in [0.25, 0.3) is 6.43 Å². The molecule has 0 bridgehead atoms. The fourth-order valence-corrected chi connectivity index (χ4v) is 6.62. The van der Waals surface area contributed by atoms with Gasteiger partial charge in [-0.25, -0.2) is 8.78 Å². The number of halogens is 2. The molecule has 4 heterocycles. The number of aliphatic hydroxyl groups excluding tert-OH is 1. The number of benzene rings is 2. The number of carbonyl (C=O) groups is 2. The maximum Gasteiger partial charge on any atom is 0.264 e. The van der Waals surface area contributed by atoms with E-state index in [9.17, 15) is 23.5 Å². The summed E-state index contributed by atoms with van der Waals surface area (Å²) in [5, 5.41) is 13.5. The molecule has 1 unspecified atom stereocenters. The number of fused-ring (bicyclic) bond motifs is 2. The molecule has 3 aliphatic heterocycles. The monoisotopic (exact) mass is 563 g/mol. The molecule has 0 radical (unpaired) electrons. The Morgan fingerprint density at radius 1 is 1.12 bits per heavy atom. The van der Waals surface area contributed by atoms with Gasteiger partial charge in [0, 0.05) is 87.4 Å². The summed E-state index contributed by atoms with van der Waals surface area (Å²) in [6.45, 7) is 4.06. The van der Waals surface area contributed by atoms with E-state index in [1.165, 1.54) is 0 Å². The van der Waals surface area contributed by atoms with Crippen LogP contribution in [0.3, 0.4) is 0 Å². The van der Waals surface area contributed by atoms with Gasteiger partial charge >= 0.3 is 0 Å². The van der Waals surface area contributed by atoms with Crippen LogP contribution in [0.4, 0.5) is 20.2 Å². The Hall–Kier alpha value is -3.79. The molecule has 1 aromatic heterocycles. The Bertz CT molecular complexity index is 1500. The Labute approximate surface area is 238 Å². The number of hydrogen-bond donors (Lipinski definition) is 1. The summed E-state index contributed by atoms with van der Waals surface area (Å²) in [7, 11) is 1.77. The number of alkyl halides is 2. The van der Waals surface area contributed by atoms with Crippen LogP contribution < -0.4 is 4.90 Å². The number of amides is 2. The van der Waals surface area contributed by atoms with Crippen molar-refractivity contribution in [3.8, 4) is 11.1 Å². The zero-order valence-corrected chi connectivity index (χ0v) is 23.4. The maximum absolute atomic E-state index is 14.5. The Kier molecular flexibility index (Phi) is 7.27. The quantitative estimate of drug-likeness (QED) is 0.472. The van der Waals surface area contributed by atoms with Gasteiger partial charge in [0.1, 0.15) is 0 Å². The number of rotatable bonds is 6. The fourth-order valence-electron chi connectivity index (χ4n) is 6.62. The highest BCUT2D eigenvalue weighted by molar-refractivity contribution is 5.81. The van der Waals surface area contributed by atoms with Gasteiger partial charge in [0.2, 0.25) is 11.8 Å². The SMILES string of the molecule is CC(=O)N1Cc2cc(C3CCN(CCO)C(=O)C3)cc(N3CCCc4cc(-c5cnn(C)c5)c(C(F)F)cc43)c2C1. The van der Waals surface area contributed by atoms with Gasteiger partial charge in [-0.2, -0.15) is 5.10 Å². The predicted molar refractivity (Wildman–Crippen MR) is 151 cm³/mol. The molecule has 41 heavy (non-hydrogen) atoms. The van der Waals surface area contributed by atoms with Crippen molar-refractivity contribution in [3.63, 3.8) is 0 Å². The first-order chi connectivity index (χ1) is 19.7. The minimum absolute atomic E-state index is 0.0127. The number of nitrogens with zero attached hydrogens (tertiary/aromatic N) is 5. The normalized spacial score (nSPS) is 18.7. The molecule has 1 N–H and O–H groups in total. The molecule has 8 nitrogen and oxygen atoms in total. The maximum atomic E-state index is 14.5. The summed E-state index contributed by atoms with van der Waals surface area (Å²) < 4.78 is 30.6. The summed E-state index contributed by atoms with van der Waals surface area (Å²) in [6, 6.07) is 7.77. The van der Waals surface area contributed by atoms with Gasteiger partial charge in [-0.15, -0.1) is 0 Å². The zero-order chi connectivity index (χ0) is 28.8.